The lowest BCUT2D eigenvalue weighted by Gasteiger charge is -2.35. The summed E-state index contributed by atoms with van der Waals surface area (Å²) in [6.45, 7) is 4.58. The lowest BCUT2D eigenvalue weighted by molar-refractivity contribution is -0.119. The molecule has 4 rings (SSSR count). The van der Waals surface area contributed by atoms with Crippen LogP contribution in [0.3, 0.4) is 0 Å². The zero-order valence-corrected chi connectivity index (χ0v) is 19.4. The highest BCUT2D eigenvalue weighted by molar-refractivity contribution is 7.94. The molecule has 2 aromatic rings. The topological polar surface area (TPSA) is 95.1 Å². The average molecular weight is 482 g/mol. The molecule has 0 spiro atoms. The minimum atomic E-state index is -3.80. The fourth-order valence-corrected chi connectivity index (χ4v) is 7.55. The largest absolute Gasteiger partial charge is 0.369 e. The second-order valence-electron chi connectivity index (χ2n) is 8.10. The zero-order chi connectivity index (χ0) is 23.3. The van der Waals surface area contributed by atoms with Gasteiger partial charge in [0.25, 0.3) is 0 Å². The summed E-state index contributed by atoms with van der Waals surface area (Å²) in [5, 5.41) is 0. The monoisotopic (exact) mass is 481 g/mol. The Labute approximate surface area is 187 Å². The van der Waals surface area contributed by atoms with Crippen LogP contribution in [0, 0.1) is 18.7 Å². The van der Waals surface area contributed by atoms with Gasteiger partial charge >= 0.3 is 0 Å². The summed E-state index contributed by atoms with van der Waals surface area (Å²) in [5.74, 6) is -1.74. The Balaban J connectivity index is 1.53. The van der Waals surface area contributed by atoms with Crippen LogP contribution in [0.2, 0.25) is 0 Å². The molecule has 2 aliphatic rings. The number of carbonyl (C=O) groups excluding carboxylic acids is 1. The fraction of sp³-hybridized carbons (Fsp3) is 0.381. The first-order valence-corrected chi connectivity index (χ1v) is 13.2. The Bertz CT molecular complexity index is 1250. The zero-order valence-electron chi connectivity index (χ0n) is 17.7. The van der Waals surface area contributed by atoms with Crippen LogP contribution < -0.4 is 9.21 Å². The average Bonchev–Trinajstić information content (AvgIpc) is 2.94. The Hall–Kier alpha value is -2.50. The molecule has 1 amide bonds. The van der Waals surface area contributed by atoms with Crippen molar-refractivity contribution in [2.45, 2.75) is 18.7 Å². The molecule has 1 atom stereocenters. The van der Waals surface area contributed by atoms with E-state index in [1.165, 1.54) is 34.6 Å². The SMILES string of the molecule is Cc1cc(N2C(=O)C(C)CS2(=O)=O)ccc1S(=O)(=O)N1CCN(c2ccc(F)cc2)CC1. The van der Waals surface area contributed by atoms with Gasteiger partial charge in [-0.2, -0.15) is 4.31 Å². The number of halogens is 1. The van der Waals surface area contributed by atoms with Crippen molar-refractivity contribution in [1.29, 1.82) is 0 Å². The van der Waals surface area contributed by atoms with Gasteiger partial charge in [0.1, 0.15) is 5.82 Å². The van der Waals surface area contributed by atoms with Crippen molar-refractivity contribution in [1.82, 2.24) is 4.31 Å². The lowest BCUT2D eigenvalue weighted by atomic mass is 10.2. The molecule has 0 radical (unpaired) electrons. The molecule has 2 saturated heterocycles. The molecule has 2 fully saturated rings. The number of amides is 1. The van der Waals surface area contributed by atoms with Gasteiger partial charge in [-0.1, -0.05) is 6.92 Å². The van der Waals surface area contributed by atoms with Gasteiger partial charge in [0, 0.05) is 31.9 Å². The van der Waals surface area contributed by atoms with E-state index in [2.05, 4.69) is 0 Å². The summed E-state index contributed by atoms with van der Waals surface area (Å²) in [4.78, 5) is 14.4. The molecule has 2 aromatic carbocycles. The minimum absolute atomic E-state index is 0.0774. The molecule has 2 aliphatic heterocycles. The number of sulfonamides is 2. The van der Waals surface area contributed by atoms with Gasteiger partial charge in [-0.3, -0.25) is 4.79 Å². The van der Waals surface area contributed by atoms with Crippen molar-refractivity contribution in [2.24, 2.45) is 5.92 Å². The third-order valence-electron chi connectivity index (χ3n) is 5.80. The van der Waals surface area contributed by atoms with Crippen LogP contribution in [-0.2, 0) is 24.8 Å². The number of hydrogen-bond donors (Lipinski definition) is 0. The molecular weight excluding hydrogens is 457 g/mol. The predicted octanol–water partition coefficient (Wildman–Crippen LogP) is 1.96. The molecule has 32 heavy (non-hydrogen) atoms. The summed E-state index contributed by atoms with van der Waals surface area (Å²) in [6.07, 6.45) is 0. The lowest BCUT2D eigenvalue weighted by Crippen LogP contribution is -2.48. The van der Waals surface area contributed by atoms with E-state index in [1.807, 2.05) is 4.90 Å². The van der Waals surface area contributed by atoms with Crippen molar-refractivity contribution in [3.8, 4) is 0 Å². The van der Waals surface area contributed by atoms with E-state index in [-0.39, 0.29) is 35.2 Å². The minimum Gasteiger partial charge on any atom is -0.369 e. The van der Waals surface area contributed by atoms with Crippen LogP contribution in [-0.4, -0.2) is 59.0 Å². The maximum Gasteiger partial charge on any atom is 0.244 e. The van der Waals surface area contributed by atoms with Crippen LogP contribution in [0.1, 0.15) is 12.5 Å². The second kappa shape index (κ2) is 8.13. The molecule has 2 heterocycles. The highest BCUT2D eigenvalue weighted by Crippen LogP contribution is 2.32. The van der Waals surface area contributed by atoms with E-state index in [1.54, 1.807) is 26.0 Å². The Morgan fingerprint density at radius 3 is 2.09 bits per heavy atom. The maximum absolute atomic E-state index is 13.2. The molecule has 11 heteroatoms. The quantitative estimate of drug-likeness (QED) is 0.663. The van der Waals surface area contributed by atoms with E-state index in [0.717, 1.165) is 9.99 Å². The number of carbonyl (C=O) groups is 1. The molecule has 8 nitrogen and oxygen atoms in total. The number of piperazine rings is 1. The second-order valence-corrected chi connectivity index (χ2v) is 11.9. The van der Waals surface area contributed by atoms with Crippen LogP contribution in [0.15, 0.2) is 47.4 Å². The molecule has 0 aliphatic carbocycles. The van der Waals surface area contributed by atoms with E-state index < -0.39 is 31.9 Å². The van der Waals surface area contributed by atoms with Crippen molar-refractivity contribution in [2.75, 3.05) is 41.1 Å². The van der Waals surface area contributed by atoms with Gasteiger partial charge in [-0.05, 0) is 55.0 Å². The molecule has 172 valence electrons. The van der Waals surface area contributed by atoms with Crippen LogP contribution >= 0.6 is 0 Å². The molecule has 0 saturated carbocycles. The van der Waals surface area contributed by atoms with E-state index in [9.17, 15) is 26.0 Å². The molecule has 0 bridgehead atoms. The van der Waals surface area contributed by atoms with Crippen molar-refractivity contribution in [3.05, 3.63) is 53.8 Å². The Morgan fingerprint density at radius 2 is 1.56 bits per heavy atom. The smallest absolute Gasteiger partial charge is 0.244 e. The number of aryl methyl sites for hydroxylation is 1. The van der Waals surface area contributed by atoms with Gasteiger partial charge in [0.2, 0.25) is 26.0 Å². The maximum atomic E-state index is 13.2. The van der Waals surface area contributed by atoms with Gasteiger partial charge in [0.05, 0.1) is 22.3 Å². The van der Waals surface area contributed by atoms with Crippen LogP contribution in [0.5, 0.6) is 0 Å². The third-order valence-corrected chi connectivity index (χ3v) is 9.73. The highest BCUT2D eigenvalue weighted by Gasteiger charge is 2.42. The van der Waals surface area contributed by atoms with E-state index in [0.29, 0.717) is 18.7 Å². The summed E-state index contributed by atoms with van der Waals surface area (Å²) >= 11 is 0. The van der Waals surface area contributed by atoms with Crippen molar-refractivity contribution < 1.29 is 26.0 Å². The first-order valence-electron chi connectivity index (χ1n) is 10.2. The molecule has 1 unspecified atom stereocenters. The molecule has 0 N–H and O–H groups in total. The first-order chi connectivity index (χ1) is 15.0. The third kappa shape index (κ3) is 4.00. The summed E-state index contributed by atoms with van der Waals surface area (Å²) in [7, 11) is -7.57. The number of hydrogen-bond acceptors (Lipinski definition) is 6. The van der Waals surface area contributed by atoms with Crippen molar-refractivity contribution >= 4 is 37.3 Å². The standard InChI is InChI=1S/C21H24FN3O5S2/c1-15-13-19(25-21(26)16(2)14-31(25,27)28)7-8-20(15)32(29,30)24-11-9-23(10-12-24)18-5-3-17(22)4-6-18/h3-8,13,16H,9-12,14H2,1-2H3. The van der Waals surface area contributed by atoms with Crippen LogP contribution in [0.25, 0.3) is 0 Å². The number of anilines is 2. The summed E-state index contributed by atoms with van der Waals surface area (Å²) < 4.78 is 66.4. The predicted molar refractivity (Wildman–Crippen MR) is 119 cm³/mol. The normalized spacial score (nSPS) is 21.8. The number of benzene rings is 2. The Morgan fingerprint density at radius 1 is 0.969 bits per heavy atom. The fourth-order valence-electron chi connectivity index (χ4n) is 4.11. The van der Waals surface area contributed by atoms with Gasteiger partial charge < -0.3 is 4.90 Å². The number of nitrogens with zero attached hydrogens (tertiary/aromatic N) is 3. The Kier molecular flexibility index (Phi) is 5.76. The van der Waals surface area contributed by atoms with Gasteiger partial charge in [-0.15, -0.1) is 0 Å². The molecular formula is C21H24FN3O5S2. The van der Waals surface area contributed by atoms with Gasteiger partial charge in [-0.25, -0.2) is 25.5 Å². The first kappa shape index (κ1) is 22.7. The van der Waals surface area contributed by atoms with Gasteiger partial charge in [0.15, 0.2) is 0 Å². The number of rotatable bonds is 4. The van der Waals surface area contributed by atoms with Crippen molar-refractivity contribution in [3.63, 3.8) is 0 Å². The highest BCUT2D eigenvalue weighted by atomic mass is 32.2. The summed E-state index contributed by atoms with van der Waals surface area (Å²) in [6, 6.07) is 10.2. The summed E-state index contributed by atoms with van der Waals surface area (Å²) in [5.41, 5.74) is 1.35. The van der Waals surface area contributed by atoms with Crippen LogP contribution in [0.4, 0.5) is 15.8 Å². The van der Waals surface area contributed by atoms with E-state index >= 15 is 0 Å². The van der Waals surface area contributed by atoms with E-state index in [4.69, 9.17) is 0 Å². The molecule has 0 aromatic heterocycles.